The maximum Gasteiger partial charge on any atom is 0.234 e. The van der Waals surface area contributed by atoms with E-state index in [1.807, 2.05) is 41.3 Å². The molecule has 3 rings (SSSR count). The summed E-state index contributed by atoms with van der Waals surface area (Å²) in [6.45, 7) is 0.722. The Hall–Kier alpha value is -1.46. The minimum absolute atomic E-state index is 0.0698. The summed E-state index contributed by atoms with van der Waals surface area (Å²) in [6.07, 6.45) is 0. The summed E-state index contributed by atoms with van der Waals surface area (Å²) in [5.41, 5.74) is 0.862. The number of carbonyl (C=O) groups excluding carboxylic acids is 1. The summed E-state index contributed by atoms with van der Waals surface area (Å²) in [5, 5.41) is -0.0698. The fourth-order valence-electron chi connectivity index (χ4n) is 2.41. The molecule has 1 heterocycles. The molecule has 1 amide bonds. The smallest absolute Gasteiger partial charge is 0.234 e. The van der Waals surface area contributed by atoms with Gasteiger partial charge in [-0.3, -0.25) is 4.79 Å². The van der Waals surface area contributed by atoms with E-state index < -0.39 is 0 Å². The van der Waals surface area contributed by atoms with Gasteiger partial charge in [0, 0.05) is 17.2 Å². The van der Waals surface area contributed by atoms with E-state index in [0.29, 0.717) is 5.75 Å². The lowest BCUT2D eigenvalue weighted by Gasteiger charge is -2.24. The molecule has 0 N–H and O–H groups in total. The van der Waals surface area contributed by atoms with E-state index in [9.17, 15) is 9.18 Å². The van der Waals surface area contributed by atoms with E-state index in [-0.39, 0.29) is 17.1 Å². The van der Waals surface area contributed by atoms with Crippen molar-refractivity contribution in [1.82, 2.24) is 4.90 Å². The van der Waals surface area contributed by atoms with Crippen molar-refractivity contribution >= 4 is 29.4 Å². The first-order valence-corrected chi connectivity index (χ1v) is 9.12. The summed E-state index contributed by atoms with van der Waals surface area (Å²) < 4.78 is 13.4. The maximum absolute atomic E-state index is 13.4. The minimum atomic E-state index is -0.254. The molecule has 0 aromatic heterocycles. The summed E-state index contributed by atoms with van der Waals surface area (Å²) in [5.74, 6) is 1.16. The average Bonchev–Trinajstić information content (AvgIpc) is 3.03. The summed E-state index contributed by atoms with van der Waals surface area (Å²) in [7, 11) is 0. The number of carbonyl (C=O) groups is 1. The lowest BCUT2D eigenvalue weighted by atomic mass is 10.2. The summed E-state index contributed by atoms with van der Waals surface area (Å²) in [4.78, 5) is 15.4. The lowest BCUT2D eigenvalue weighted by Crippen LogP contribution is -2.31. The van der Waals surface area contributed by atoms with Gasteiger partial charge >= 0.3 is 0 Å². The van der Waals surface area contributed by atoms with Crippen molar-refractivity contribution in [2.45, 2.75) is 10.3 Å². The molecule has 22 heavy (non-hydrogen) atoms. The number of nitrogens with zero attached hydrogens (tertiary/aromatic N) is 1. The molecule has 114 valence electrons. The van der Waals surface area contributed by atoms with Gasteiger partial charge in [0.2, 0.25) is 5.91 Å². The van der Waals surface area contributed by atoms with Gasteiger partial charge in [0.1, 0.15) is 11.2 Å². The van der Waals surface area contributed by atoms with Gasteiger partial charge in [0.25, 0.3) is 0 Å². The highest BCUT2D eigenvalue weighted by atomic mass is 32.2. The Morgan fingerprint density at radius 3 is 2.82 bits per heavy atom. The molecule has 2 nitrogen and oxygen atoms in total. The Morgan fingerprint density at radius 1 is 1.23 bits per heavy atom. The Labute approximate surface area is 138 Å². The molecular weight excluding hydrogens is 317 g/mol. The third kappa shape index (κ3) is 3.65. The maximum atomic E-state index is 13.4. The van der Waals surface area contributed by atoms with Crippen LogP contribution in [0.15, 0.2) is 59.5 Å². The number of benzene rings is 2. The van der Waals surface area contributed by atoms with Crippen molar-refractivity contribution in [1.29, 1.82) is 0 Å². The highest BCUT2D eigenvalue weighted by Gasteiger charge is 2.30. The normalized spacial score (nSPS) is 17.7. The van der Waals surface area contributed by atoms with Crippen LogP contribution in [0.25, 0.3) is 0 Å². The van der Waals surface area contributed by atoms with Gasteiger partial charge < -0.3 is 4.90 Å². The van der Waals surface area contributed by atoms with Crippen LogP contribution in [0.4, 0.5) is 4.39 Å². The van der Waals surface area contributed by atoms with Gasteiger partial charge in [-0.15, -0.1) is 23.5 Å². The largest absolute Gasteiger partial charge is 0.325 e. The molecular formula is C17H16FNOS2. The third-order valence-corrected chi connectivity index (χ3v) is 5.71. The van der Waals surface area contributed by atoms with Gasteiger partial charge in [-0.2, -0.15) is 0 Å². The predicted octanol–water partition coefficient (Wildman–Crippen LogP) is 4.19. The van der Waals surface area contributed by atoms with E-state index in [2.05, 4.69) is 0 Å². The second kappa shape index (κ2) is 7.20. The molecule has 1 unspecified atom stereocenters. The number of rotatable bonds is 4. The number of thioether (sulfide) groups is 2. The van der Waals surface area contributed by atoms with Crippen molar-refractivity contribution in [3.63, 3.8) is 0 Å². The molecule has 1 atom stereocenters. The van der Waals surface area contributed by atoms with Gasteiger partial charge in [-0.1, -0.05) is 30.3 Å². The predicted molar refractivity (Wildman–Crippen MR) is 90.5 cm³/mol. The van der Waals surface area contributed by atoms with Crippen LogP contribution < -0.4 is 0 Å². The van der Waals surface area contributed by atoms with Crippen LogP contribution in [0.5, 0.6) is 0 Å². The molecule has 0 spiro atoms. The lowest BCUT2D eigenvalue weighted by molar-refractivity contribution is -0.128. The Morgan fingerprint density at radius 2 is 2.05 bits per heavy atom. The van der Waals surface area contributed by atoms with Crippen LogP contribution >= 0.6 is 23.5 Å². The molecule has 0 bridgehead atoms. The molecule has 2 aromatic rings. The zero-order chi connectivity index (χ0) is 15.4. The minimum Gasteiger partial charge on any atom is -0.325 e. The van der Waals surface area contributed by atoms with Crippen LogP contribution in [0.1, 0.15) is 10.9 Å². The number of hydrogen-bond acceptors (Lipinski definition) is 3. The van der Waals surface area contributed by atoms with Crippen molar-refractivity contribution in [3.8, 4) is 0 Å². The molecule has 1 aliphatic rings. The molecule has 2 aromatic carbocycles. The third-order valence-electron chi connectivity index (χ3n) is 3.45. The Kier molecular flexibility index (Phi) is 5.05. The second-order valence-electron chi connectivity index (χ2n) is 4.97. The van der Waals surface area contributed by atoms with Crippen LogP contribution in [0.2, 0.25) is 0 Å². The Balaban J connectivity index is 1.66. The zero-order valence-corrected chi connectivity index (χ0v) is 13.6. The molecule has 1 aliphatic heterocycles. The highest BCUT2D eigenvalue weighted by molar-refractivity contribution is 8.00. The van der Waals surface area contributed by atoms with Crippen molar-refractivity contribution in [3.05, 3.63) is 66.0 Å². The Bertz CT molecular complexity index is 650. The first-order valence-electron chi connectivity index (χ1n) is 7.08. The summed E-state index contributed by atoms with van der Waals surface area (Å²) >= 11 is 3.23. The fraction of sp³-hybridized carbons (Fsp3) is 0.235. The van der Waals surface area contributed by atoms with Gasteiger partial charge in [0.05, 0.1) is 5.75 Å². The molecule has 1 saturated heterocycles. The zero-order valence-electron chi connectivity index (χ0n) is 11.9. The van der Waals surface area contributed by atoms with E-state index in [1.54, 1.807) is 29.6 Å². The van der Waals surface area contributed by atoms with E-state index in [1.165, 1.54) is 12.1 Å². The molecule has 5 heteroatoms. The number of hydrogen-bond donors (Lipinski definition) is 0. The first-order chi connectivity index (χ1) is 10.7. The van der Waals surface area contributed by atoms with E-state index in [4.69, 9.17) is 0 Å². The molecule has 0 aliphatic carbocycles. The average molecular weight is 333 g/mol. The van der Waals surface area contributed by atoms with Crippen molar-refractivity contribution in [2.24, 2.45) is 0 Å². The molecule has 1 fully saturated rings. The van der Waals surface area contributed by atoms with Gasteiger partial charge in [0.15, 0.2) is 0 Å². The van der Waals surface area contributed by atoms with Crippen molar-refractivity contribution in [2.75, 3.05) is 18.1 Å². The molecule has 0 radical (unpaired) electrons. The summed E-state index contributed by atoms with van der Waals surface area (Å²) in [6, 6.07) is 16.4. The SMILES string of the molecule is O=C(CSc1ccccc1)N1CCSC1c1cccc(F)c1. The fourth-order valence-corrected chi connectivity index (χ4v) is 4.48. The van der Waals surface area contributed by atoms with Gasteiger partial charge in [-0.05, 0) is 29.8 Å². The highest BCUT2D eigenvalue weighted by Crippen LogP contribution is 2.38. The van der Waals surface area contributed by atoms with E-state index in [0.717, 1.165) is 22.8 Å². The quantitative estimate of drug-likeness (QED) is 0.783. The second-order valence-corrected chi connectivity index (χ2v) is 7.20. The first kappa shape index (κ1) is 15.4. The number of halogens is 1. The monoisotopic (exact) mass is 333 g/mol. The van der Waals surface area contributed by atoms with Crippen molar-refractivity contribution < 1.29 is 9.18 Å². The van der Waals surface area contributed by atoms with Crippen LogP contribution in [-0.4, -0.2) is 28.9 Å². The molecule has 0 saturated carbocycles. The standard InChI is InChI=1S/C17H16FNOS2/c18-14-6-4-5-13(11-14)17-19(9-10-21-17)16(20)12-22-15-7-2-1-3-8-15/h1-8,11,17H,9-10,12H2. The topological polar surface area (TPSA) is 20.3 Å². The number of amides is 1. The van der Waals surface area contributed by atoms with E-state index >= 15 is 0 Å². The van der Waals surface area contributed by atoms with Gasteiger partial charge in [-0.25, -0.2) is 4.39 Å². The van der Waals surface area contributed by atoms with Crippen LogP contribution in [0.3, 0.4) is 0 Å². The van der Waals surface area contributed by atoms with Crippen LogP contribution in [0, 0.1) is 5.82 Å². The van der Waals surface area contributed by atoms with Crippen LogP contribution in [-0.2, 0) is 4.79 Å².